The highest BCUT2D eigenvalue weighted by molar-refractivity contribution is 5.79. The fourth-order valence-corrected chi connectivity index (χ4v) is 3.51. The van der Waals surface area contributed by atoms with Crippen LogP contribution in [0, 0.1) is 5.92 Å². The Kier molecular flexibility index (Phi) is 3.08. The van der Waals surface area contributed by atoms with E-state index in [2.05, 4.69) is 4.90 Å². The van der Waals surface area contributed by atoms with Crippen molar-refractivity contribution in [2.75, 3.05) is 19.7 Å². The van der Waals surface area contributed by atoms with Crippen LogP contribution in [-0.2, 0) is 9.53 Å². The maximum Gasteiger partial charge on any atom is 0.325 e. The van der Waals surface area contributed by atoms with Crippen LogP contribution in [0.25, 0.3) is 0 Å². The highest BCUT2D eigenvalue weighted by Crippen LogP contribution is 2.40. The van der Waals surface area contributed by atoms with E-state index in [1.165, 1.54) is 6.42 Å². The molecule has 102 valence electrons. The molecule has 0 aromatic carbocycles. The molecule has 2 aliphatic carbocycles. The van der Waals surface area contributed by atoms with Gasteiger partial charge in [-0.15, -0.1) is 0 Å². The Labute approximate surface area is 107 Å². The van der Waals surface area contributed by atoms with Crippen molar-refractivity contribution in [2.24, 2.45) is 11.7 Å². The van der Waals surface area contributed by atoms with Crippen molar-refractivity contribution >= 4 is 5.97 Å². The van der Waals surface area contributed by atoms with Crippen LogP contribution >= 0.6 is 0 Å². The van der Waals surface area contributed by atoms with Crippen LogP contribution in [0.4, 0.5) is 0 Å². The first-order valence-corrected chi connectivity index (χ1v) is 6.99. The minimum atomic E-state index is -1.05. The highest BCUT2D eigenvalue weighted by Gasteiger charge is 2.51. The van der Waals surface area contributed by atoms with Gasteiger partial charge in [0.15, 0.2) is 0 Å². The zero-order valence-electron chi connectivity index (χ0n) is 10.7. The van der Waals surface area contributed by atoms with Crippen molar-refractivity contribution in [3.63, 3.8) is 0 Å². The van der Waals surface area contributed by atoms with Gasteiger partial charge >= 0.3 is 5.97 Å². The van der Waals surface area contributed by atoms with Gasteiger partial charge in [0.2, 0.25) is 0 Å². The Balaban J connectivity index is 1.72. The van der Waals surface area contributed by atoms with E-state index < -0.39 is 11.5 Å². The predicted octanol–water partition coefficient (Wildman–Crippen LogP) is 0.432. The second-order valence-electron chi connectivity index (χ2n) is 6.00. The van der Waals surface area contributed by atoms with Gasteiger partial charge in [-0.25, -0.2) is 0 Å². The fraction of sp³-hybridized carbons (Fsp3) is 0.923. The van der Waals surface area contributed by atoms with Gasteiger partial charge in [-0.1, -0.05) is 0 Å². The molecule has 0 aromatic heterocycles. The Morgan fingerprint density at radius 1 is 1.39 bits per heavy atom. The molecule has 1 heterocycles. The molecule has 3 aliphatic rings. The molecule has 5 nitrogen and oxygen atoms in total. The maximum atomic E-state index is 11.5. The number of carboxylic acids is 1. The number of fused-ring (bicyclic) bond motifs is 1. The molecule has 0 aromatic rings. The molecule has 3 rings (SSSR count). The standard InChI is InChI=1S/C13H22N2O3/c14-13(12(16)17,9-4-5-9)8-15-6-7-18-11-3-1-2-10(11)15/h9-11H,1-8,14H2,(H,16,17). The van der Waals surface area contributed by atoms with Gasteiger partial charge in [-0.2, -0.15) is 0 Å². The molecule has 2 saturated carbocycles. The molecule has 0 radical (unpaired) electrons. The number of hydrogen-bond acceptors (Lipinski definition) is 4. The zero-order valence-corrected chi connectivity index (χ0v) is 10.7. The third-order valence-electron chi connectivity index (χ3n) is 4.77. The number of carbonyl (C=O) groups is 1. The molecule has 0 spiro atoms. The Hall–Kier alpha value is -0.650. The van der Waals surface area contributed by atoms with E-state index in [1.54, 1.807) is 0 Å². The van der Waals surface area contributed by atoms with E-state index in [1.807, 2.05) is 0 Å². The van der Waals surface area contributed by atoms with Gasteiger partial charge in [0, 0.05) is 19.1 Å². The normalized spacial score (nSPS) is 36.1. The van der Waals surface area contributed by atoms with Crippen molar-refractivity contribution in [1.29, 1.82) is 0 Å². The topological polar surface area (TPSA) is 75.8 Å². The second kappa shape index (κ2) is 4.47. The summed E-state index contributed by atoms with van der Waals surface area (Å²) in [6.45, 7) is 2.01. The SMILES string of the molecule is NC(CN1CCOC2CCCC21)(C(=O)O)C1CC1. The van der Waals surface area contributed by atoms with Crippen molar-refractivity contribution in [1.82, 2.24) is 4.90 Å². The molecular weight excluding hydrogens is 232 g/mol. The van der Waals surface area contributed by atoms with E-state index in [4.69, 9.17) is 10.5 Å². The second-order valence-corrected chi connectivity index (χ2v) is 6.00. The van der Waals surface area contributed by atoms with E-state index in [9.17, 15) is 9.90 Å². The van der Waals surface area contributed by atoms with Crippen molar-refractivity contribution in [3.05, 3.63) is 0 Å². The van der Waals surface area contributed by atoms with Gasteiger partial charge in [0.1, 0.15) is 5.54 Å². The van der Waals surface area contributed by atoms with E-state index in [0.29, 0.717) is 25.3 Å². The number of ether oxygens (including phenoxy) is 1. The molecule has 0 bridgehead atoms. The average Bonchev–Trinajstić information content (AvgIpc) is 3.08. The first-order valence-electron chi connectivity index (χ1n) is 6.99. The van der Waals surface area contributed by atoms with Crippen LogP contribution in [0.1, 0.15) is 32.1 Å². The minimum Gasteiger partial charge on any atom is -0.480 e. The quantitative estimate of drug-likeness (QED) is 0.761. The van der Waals surface area contributed by atoms with Crippen molar-refractivity contribution < 1.29 is 14.6 Å². The molecule has 3 unspecified atom stereocenters. The lowest BCUT2D eigenvalue weighted by atomic mass is 9.92. The van der Waals surface area contributed by atoms with Gasteiger partial charge in [-0.3, -0.25) is 9.69 Å². The number of nitrogens with zero attached hydrogens (tertiary/aromatic N) is 1. The molecular formula is C13H22N2O3. The summed E-state index contributed by atoms with van der Waals surface area (Å²) in [7, 11) is 0. The number of hydrogen-bond donors (Lipinski definition) is 2. The number of aliphatic carboxylic acids is 1. The highest BCUT2D eigenvalue weighted by atomic mass is 16.5. The van der Waals surface area contributed by atoms with Crippen LogP contribution in [-0.4, -0.2) is 53.4 Å². The summed E-state index contributed by atoms with van der Waals surface area (Å²) in [5.41, 5.74) is 5.13. The van der Waals surface area contributed by atoms with E-state index >= 15 is 0 Å². The molecule has 18 heavy (non-hydrogen) atoms. The molecule has 3 N–H and O–H groups in total. The summed E-state index contributed by atoms with van der Waals surface area (Å²) in [5, 5.41) is 9.43. The minimum absolute atomic E-state index is 0.165. The van der Waals surface area contributed by atoms with Crippen molar-refractivity contribution in [3.8, 4) is 0 Å². The molecule has 3 atom stereocenters. The summed E-state index contributed by atoms with van der Waals surface area (Å²) in [6.07, 6.45) is 5.62. The predicted molar refractivity (Wildman–Crippen MR) is 66.2 cm³/mol. The summed E-state index contributed by atoms with van der Waals surface area (Å²) >= 11 is 0. The number of nitrogens with two attached hydrogens (primary N) is 1. The Bertz CT molecular complexity index is 345. The lowest BCUT2D eigenvalue weighted by Gasteiger charge is -2.41. The van der Waals surface area contributed by atoms with E-state index in [-0.39, 0.29) is 5.92 Å². The first kappa shape index (κ1) is 12.4. The maximum absolute atomic E-state index is 11.5. The lowest BCUT2D eigenvalue weighted by Crippen LogP contribution is -2.62. The lowest BCUT2D eigenvalue weighted by molar-refractivity contribution is -0.147. The van der Waals surface area contributed by atoms with Crippen LogP contribution < -0.4 is 5.73 Å². The average molecular weight is 254 g/mol. The number of carboxylic acid groups (broad SMARTS) is 1. The molecule has 0 amide bonds. The van der Waals surface area contributed by atoms with Gasteiger partial charge in [0.05, 0.1) is 12.7 Å². The Morgan fingerprint density at radius 3 is 2.83 bits per heavy atom. The summed E-state index contributed by atoms with van der Waals surface area (Å²) < 4.78 is 5.75. The summed E-state index contributed by atoms with van der Waals surface area (Å²) in [6, 6.07) is 0.389. The zero-order chi connectivity index (χ0) is 12.8. The van der Waals surface area contributed by atoms with E-state index in [0.717, 1.165) is 32.2 Å². The molecule has 3 fully saturated rings. The largest absolute Gasteiger partial charge is 0.480 e. The molecule has 5 heteroatoms. The summed E-state index contributed by atoms with van der Waals surface area (Å²) in [5.74, 6) is -0.677. The van der Waals surface area contributed by atoms with Crippen LogP contribution in [0.15, 0.2) is 0 Å². The van der Waals surface area contributed by atoms with Crippen LogP contribution in [0.2, 0.25) is 0 Å². The summed E-state index contributed by atoms with van der Waals surface area (Å²) in [4.78, 5) is 13.8. The van der Waals surface area contributed by atoms with Gasteiger partial charge in [0.25, 0.3) is 0 Å². The number of rotatable bonds is 4. The fourth-order valence-electron chi connectivity index (χ4n) is 3.51. The van der Waals surface area contributed by atoms with Gasteiger partial charge < -0.3 is 15.6 Å². The first-order chi connectivity index (χ1) is 8.61. The number of morpholine rings is 1. The monoisotopic (exact) mass is 254 g/mol. The third kappa shape index (κ3) is 2.04. The van der Waals surface area contributed by atoms with Crippen molar-refractivity contribution in [2.45, 2.75) is 49.8 Å². The van der Waals surface area contributed by atoms with Crippen LogP contribution in [0.3, 0.4) is 0 Å². The Morgan fingerprint density at radius 2 is 2.17 bits per heavy atom. The van der Waals surface area contributed by atoms with Gasteiger partial charge in [-0.05, 0) is 38.0 Å². The smallest absolute Gasteiger partial charge is 0.325 e. The molecule has 1 saturated heterocycles. The third-order valence-corrected chi connectivity index (χ3v) is 4.77. The molecule has 1 aliphatic heterocycles. The van der Waals surface area contributed by atoms with Crippen LogP contribution in [0.5, 0.6) is 0 Å².